The van der Waals surface area contributed by atoms with Crippen LogP contribution in [0.1, 0.15) is 17.2 Å². The van der Waals surface area contributed by atoms with Crippen LogP contribution in [0.2, 0.25) is 0 Å². The molecule has 0 aliphatic carbocycles. The normalized spacial score (nSPS) is 16.3. The number of rotatable bonds is 6. The molecular weight excluding hydrogens is 316 g/mol. The molecular formula is C20H26N2O3. The molecule has 0 aromatic heterocycles. The molecule has 1 unspecified atom stereocenters. The zero-order valence-corrected chi connectivity index (χ0v) is 15.1. The topological polar surface area (TPSA) is 43.0 Å². The van der Waals surface area contributed by atoms with Gasteiger partial charge in [-0.05, 0) is 29.8 Å². The largest absolute Gasteiger partial charge is 0.497 e. The van der Waals surface area contributed by atoms with E-state index in [1.165, 1.54) is 5.56 Å². The molecule has 1 aliphatic heterocycles. The Bertz CT molecular complexity index is 660. The first-order valence-electron chi connectivity index (χ1n) is 8.58. The summed E-state index contributed by atoms with van der Waals surface area (Å²) < 4.78 is 16.7. The zero-order chi connectivity index (χ0) is 17.6. The van der Waals surface area contributed by atoms with Crippen molar-refractivity contribution in [2.24, 2.45) is 0 Å². The molecule has 134 valence electrons. The maximum Gasteiger partial charge on any atom is 0.127 e. The number of ether oxygens (including phenoxy) is 3. The minimum atomic E-state index is 0.0686. The Morgan fingerprint density at radius 2 is 1.44 bits per heavy atom. The van der Waals surface area contributed by atoms with E-state index in [1.54, 1.807) is 21.3 Å². The Labute approximate surface area is 149 Å². The second kappa shape index (κ2) is 8.23. The predicted molar refractivity (Wildman–Crippen MR) is 98.8 cm³/mol. The first-order valence-corrected chi connectivity index (χ1v) is 8.58. The number of nitrogens with one attached hydrogen (secondary N) is 1. The number of piperazine rings is 1. The van der Waals surface area contributed by atoms with Crippen LogP contribution in [0.3, 0.4) is 0 Å². The van der Waals surface area contributed by atoms with Crippen LogP contribution < -0.4 is 19.5 Å². The molecule has 5 nitrogen and oxygen atoms in total. The third kappa shape index (κ3) is 3.72. The van der Waals surface area contributed by atoms with E-state index in [2.05, 4.69) is 22.3 Å². The quantitative estimate of drug-likeness (QED) is 0.874. The maximum atomic E-state index is 5.68. The molecule has 2 aromatic carbocycles. The van der Waals surface area contributed by atoms with E-state index in [-0.39, 0.29) is 6.04 Å². The minimum absolute atomic E-state index is 0.0686. The van der Waals surface area contributed by atoms with Crippen molar-refractivity contribution in [3.8, 4) is 17.2 Å². The monoisotopic (exact) mass is 342 g/mol. The van der Waals surface area contributed by atoms with Gasteiger partial charge < -0.3 is 19.5 Å². The van der Waals surface area contributed by atoms with E-state index in [1.807, 2.05) is 30.3 Å². The zero-order valence-electron chi connectivity index (χ0n) is 15.1. The highest BCUT2D eigenvalue weighted by molar-refractivity contribution is 5.51. The van der Waals surface area contributed by atoms with Gasteiger partial charge in [0.15, 0.2) is 0 Å². The fraction of sp³-hybridized carbons (Fsp3) is 0.400. The third-order valence-corrected chi connectivity index (χ3v) is 4.69. The van der Waals surface area contributed by atoms with Crippen molar-refractivity contribution in [3.05, 3.63) is 53.6 Å². The summed E-state index contributed by atoms with van der Waals surface area (Å²) in [7, 11) is 5.11. The number of hydrogen-bond donors (Lipinski definition) is 1. The molecule has 0 saturated carbocycles. The summed E-state index contributed by atoms with van der Waals surface area (Å²) in [5.74, 6) is 2.55. The molecule has 1 heterocycles. The van der Waals surface area contributed by atoms with Crippen molar-refractivity contribution < 1.29 is 14.2 Å². The minimum Gasteiger partial charge on any atom is -0.497 e. The van der Waals surface area contributed by atoms with Gasteiger partial charge in [0, 0.05) is 26.2 Å². The fourth-order valence-corrected chi connectivity index (χ4v) is 3.44. The molecule has 1 aliphatic rings. The van der Waals surface area contributed by atoms with Gasteiger partial charge in [-0.15, -0.1) is 0 Å². The Kier molecular flexibility index (Phi) is 5.79. The molecule has 2 aromatic rings. The SMILES string of the molecule is COc1ccc(C(c2c(OC)cccc2OC)N2CCNCC2)cc1. The summed E-state index contributed by atoms with van der Waals surface area (Å²) in [4.78, 5) is 2.47. The van der Waals surface area contributed by atoms with Crippen molar-refractivity contribution in [3.63, 3.8) is 0 Å². The van der Waals surface area contributed by atoms with E-state index in [4.69, 9.17) is 14.2 Å². The van der Waals surface area contributed by atoms with Gasteiger partial charge in [-0.1, -0.05) is 18.2 Å². The second-order valence-electron chi connectivity index (χ2n) is 6.04. The van der Waals surface area contributed by atoms with Gasteiger partial charge in [-0.2, -0.15) is 0 Å². The molecule has 1 atom stereocenters. The van der Waals surface area contributed by atoms with Gasteiger partial charge in [-0.3, -0.25) is 4.90 Å². The molecule has 1 fully saturated rings. The van der Waals surface area contributed by atoms with Crippen LogP contribution in [0.15, 0.2) is 42.5 Å². The highest BCUT2D eigenvalue weighted by atomic mass is 16.5. The van der Waals surface area contributed by atoms with Crippen LogP contribution in [0.4, 0.5) is 0 Å². The van der Waals surface area contributed by atoms with Crippen LogP contribution in [-0.2, 0) is 0 Å². The summed E-state index contributed by atoms with van der Waals surface area (Å²) >= 11 is 0. The maximum absolute atomic E-state index is 5.68. The first kappa shape index (κ1) is 17.6. The average molecular weight is 342 g/mol. The molecule has 0 amide bonds. The Morgan fingerprint density at radius 3 is 1.96 bits per heavy atom. The van der Waals surface area contributed by atoms with Crippen molar-refractivity contribution in [1.82, 2.24) is 10.2 Å². The van der Waals surface area contributed by atoms with E-state index in [0.717, 1.165) is 49.0 Å². The molecule has 3 rings (SSSR count). The summed E-state index contributed by atoms with van der Waals surface area (Å²) in [5.41, 5.74) is 2.27. The Balaban J connectivity index is 2.10. The summed E-state index contributed by atoms with van der Waals surface area (Å²) in [5, 5.41) is 3.42. The van der Waals surface area contributed by atoms with Crippen molar-refractivity contribution in [1.29, 1.82) is 0 Å². The Morgan fingerprint density at radius 1 is 0.840 bits per heavy atom. The van der Waals surface area contributed by atoms with Crippen molar-refractivity contribution in [2.45, 2.75) is 6.04 Å². The van der Waals surface area contributed by atoms with Crippen LogP contribution in [-0.4, -0.2) is 52.4 Å². The lowest BCUT2D eigenvalue weighted by Crippen LogP contribution is -2.45. The van der Waals surface area contributed by atoms with Gasteiger partial charge in [0.25, 0.3) is 0 Å². The van der Waals surface area contributed by atoms with Gasteiger partial charge in [-0.25, -0.2) is 0 Å². The van der Waals surface area contributed by atoms with Crippen LogP contribution in [0, 0.1) is 0 Å². The number of nitrogens with zero attached hydrogens (tertiary/aromatic N) is 1. The van der Waals surface area contributed by atoms with Gasteiger partial charge in [0.1, 0.15) is 17.2 Å². The molecule has 0 bridgehead atoms. The summed E-state index contributed by atoms with van der Waals surface area (Å²) in [6, 6.07) is 14.3. The molecule has 0 spiro atoms. The second-order valence-corrected chi connectivity index (χ2v) is 6.04. The van der Waals surface area contributed by atoms with Gasteiger partial charge in [0.2, 0.25) is 0 Å². The first-order chi connectivity index (χ1) is 12.3. The highest BCUT2D eigenvalue weighted by Crippen LogP contribution is 2.41. The standard InChI is InChI=1S/C20H26N2O3/c1-23-16-9-7-15(8-10-16)20(22-13-11-21-12-14-22)19-17(24-2)5-4-6-18(19)25-3/h4-10,20-21H,11-14H2,1-3H3. The van der Waals surface area contributed by atoms with Crippen molar-refractivity contribution >= 4 is 0 Å². The van der Waals surface area contributed by atoms with E-state index < -0.39 is 0 Å². The van der Waals surface area contributed by atoms with Crippen LogP contribution in [0.25, 0.3) is 0 Å². The van der Waals surface area contributed by atoms with Crippen LogP contribution in [0.5, 0.6) is 17.2 Å². The highest BCUT2D eigenvalue weighted by Gasteiger charge is 2.29. The lowest BCUT2D eigenvalue weighted by Gasteiger charge is -2.36. The molecule has 1 saturated heterocycles. The van der Waals surface area contributed by atoms with E-state index in [9.17, 15) is 0 Å². The van der Waals surface area contributed by atoms with Gasteiger partial charge in [0.05, 0.1) is 32.9 Å². The van der Waals surface area contributed by atoms with Gasteiger partial charge >= 0.3 is 0 Å². The molecule has 1 N–H and O–H groups in total. The molecule has 25 heavy (non-hydrogen) atoms. The van der Waals surface area contributed by atoms with Crippen molar-refractivity contribution in [2.75, 3.05) is 47.5 Å². The third-order valence-electron chi connectivity index (χ3n) is 4.69. The predicted octanol–water partition coefficient (Wildman–Crippen LogP) is 2.71. The Hall–Kier alpha value is -2.24. The lowest BCUT2D eigenvalue weighted by molar-refractivity contribution is 0.192. The lowest BCUT2D eigenvalue weighted by atomic mass is 9.94. The summed E-state index contributed by atoms with van der Waals surface area (Å²) in [6.45, 7) is 3.89. The molecule has 0 radical (unpaired) electrons. The fourth-order valence-electron chi connectivity index (χ4n) is 3.44. The van der Waals surface area contributed by atoms with E-state index in [0.29, 0.717) is 0 Å². The smallest absolute Gasteiger partial charge is 0.127 e. The average Bonchev–Trinajstić information content (AvgIpc) is 2.69. The number of benzene rings is 2. The number of methoxy groups -OCH3 is 3. The molecule has 5 heteroatoms. The van der Waals surface area contributed by atoms with E-state index >= 15 is 0 Å². The van der Waals surface area contributed by atoms with Crippen LogP contribution >= 0.6 is 0 Å². The summed E-state index contributed by atoms with van der Waals surface area (Å²) in [6.07, 6.45) is 0. The number of hydrogen-bond acceptors (Lipinski definition) is 5.